The molecule has 0 saturated carbocycles. The van der Waals surface area contributed by atoms with Crippen LogP contribution < -0.4 is 4.90 Å². The molecule has 3 aromatic rings. The second-order valence-electron chi connectivity index (χ2n) is 6.45. The van der Waals surface area contributed by atoms with Crippen LogP contribution in [0.2, 0.25) is 10.0 Å². The maximum atomic E-state index is 13.2. The maximum absolute atomic E-state index is 13.2. The van der Waals surface area contributed by atoms with Gasteiger partial charge in [0.15, 0.2) is 5.82 Å². The molecule has 0 aliphatic carbocycles. The number of carbonyl (C=O) groups is 2. The Morgan fingerprint density at radius 3 is 2.29 bits per heavy atom. The van der Waals surface area contributed by atoms with Gasteiger partial charge in [-0.05, 0) is 42.0 Å². The monoisotopic (exact) mass is 467 g/mol. The molecule has 1 aromatic heterocycles. The van der Waals surface area contributed by atoms with Crippen LogP contribution in [-0.4, -0.2) is 21.7 Å². The summed E-state index contributed by atoms with van der Waals surface area (Å²) in [6.45, 7) is -0.125. The maximum Gasteiger partial charge on any atom is 0.416 e. The van der Waals surface area contributed by atoms with Crippen molar-refractivity contribution in [3.8, 4) is 0 Å². The largest absolute Gasteiger partial charge is 0.416 e. The predicted octanol–water partition coefficient (Wildman–Crippen LogP) is 5.61. The molecule has 3 rings (SSSR count). The van der Waals surface area contributed by atoms with Crippen LogP contribution in [-0.2, 0) is 17.5 Å². The lowest BCUT2D eigenvalue weighted by Gasteiger charge is -2.24. The minimum absolute atomic E-state index is 0.0207. The summed E-state index contributed by atoms with van der Waals surface area (Å²) in [5.41, 5.74) is -0.425. The predicted molar refractivity (Wildman–Crippen MR) is 110 cm³/mol. The van der Waals surface area contributed by atoms with Gasteiger partial charge in [0.2, 0.25) is 11.7 Å². The molecule has 1 heterocycles. The molecular weight excluding hydrogens is 454 g/mol. The highest BCUT2D eigenvalue weighted by molar-refractivity contribution is 6.42. The fourth-order valence-corrected chi connectivity index (χ4v) is 3.07. The Bertz CT molecular complexity index is 1110. The number of halogens is 5. The van der Waals surface area contributed by atoms with Crippen LogP contribution in [0, 0.1) is 0 Å². The third kappa shape index (κ3) is 5.80. The number of carbonyl (C=O) groups excluding carboxylic acids is 2. The molecule has 0 saturated heterocycles. The van der Waals surface area contributed by atoms with Gasteiger partial charge in [-0.2, -0.15) is 13.2 Å². The molecule has 0 spiro atoms. The van der Waals surface area contributed by atoms with E-state index in [1.165, 1.54) is 42.7 Å². The van der Waals surface area contributed by atoms with Crippen molar-refractivity contribution in [3.05, 3.63) is 87.9 Å². The van der Waals surface area contributed by atoms with Crippen LogP contribution in [0.25, 0.3) is 0 Å². The Hall–Kier alpha value is -2.97. The van der Waals surface area contributed by atoms with E-state index in [9.17, 15) is 22.8 Å². The molecule has 1 amide bonds. The van der Waals surface area contributed by atoms with Gasteiger partial charge >= 0.3 is 6.18 Å². The second-order valence-corrected chi connectivity index (χ2v) is 7.26. The highest BCUT2D eigenvalue weighted by atomic mass is 35.5. The Morgan fingerprint density at radius 1 is 0.935 bits per heavy atom. The van der Waals surface area contributed by atoms with Crippen molar-refractivity contribution in [3.63, 3.8) is 0 Å². The lowest BCUT2D eigenvalue weighted by molar-refractivity contribution is -0.137. The van der Waals surface area contributed by atoms with Crippen LogP contribution in [0.15, 0.2) is 60.9 Å². The standard InChI is InChI=1S/C21H14Cl2F3N3O2/c22-16-6-5-13(9-17(16)23)12-29(15-4-1-3-14(10-15)21(24,25)26)19(31)11-18(30)20-27-7-2-8-28-20/h1-10H,11-12H2. The normalized spacial score (nSPS) is 11.3. The lowest BCUT2D eigenvalue weighted by Crippen LogP contribution is -2.32. The molecule has 31 heavy (non-hydrogen) atoms. The van der Waals surface area contributed by atoms with Crippen LogP contribution in [0.1, 0.15) is 28.2 Å². The third-order valence-corrected chi connectivity index (χ3v) is 4.98. The van der Waals surface area contributed by atoms with Crippen molar-refractivity contribution < 1.29 is 22.8 Å². The molecule has 5 nitrogen and oxygen atoms in total. The second kappa shape index (κ2) is 9.45. The molecule has 2 aromatic carbocycles. The van der Waals surface area contributed by atoms with Gasteiger partial charge in [0.1, 0.15) is 0 Å². The summed E-state index contributed by atoms with van der Waals surface area (Å²) >= 11 is 11.9. The zero-order valence-corrected chi connectivity index (χ0v) is 17.2. The fraction of sp³-hybridized carbons (Fsp3) is 0.143. The number of aromatic nitrogens is 2. The number of hydrogen-bond donors (Lipinski definition) is 0. The summed E-state index contributed by atoms with van der Waals surface area (Å²) in [5, 5.41) is 0.517. The summed E-state index contributed by atoms with van der Waals surface area (Å²) in [6.07, 6.45) is -2.51. The Morgan fingerprint density at radius 2 is 1.65 bits per heavy atom. The molecule has 0 unspecified atom stereocenters. The number of hydrogen-bond acceptors (Lipinski definition) is 4. The van der Waals surface area contributed by atoms with Crippen LogP contribution in [0.4, 0.5) is 18.9 Å². The fourth-order valence-electron chi connectivity index (χ4n) is 2.75. The van der Waals surface area contributed by atoms with Crippen molar-refractivity contribution >= 4 is 40.6 Å². The molecule has 0 N–H and O–H groups in total. The molecule has 10 heteroatoms. The number of anilines is 1. The molecule has 0 bridgehead atoms. The number of alkyl halides is 3. The van der Waals surface area contributed by atoms with Crippen molar-refractivity contribution in [2.24, 2.45) is 0 Å². The van der Waals surface area contributed by atoms with Crippen LogP contribution >= 0.6 is 23.2 Å². The molecule has 0 aliphatic heterocycles. The van der Waals surface area contributed by atoms with Crippen molar-refractivity contribution in [2.75, 3.05) is 4.90 Å². The minimum Gasteiger partial charge on any atom is -0.308 e. The zero-order chi connectivity index (χ0) is 22.6. The van der Waals surface area contributed by atoms with Crippen molar-refractivity contribution in [1.29, 1.82) is 0 Å². The van der Waals surface area contributed by atoms with E-state index in [0.29, 0.717) is 10.6 Å². The van der Waals surface area contributed by atoms with Crippen molar-refractivity contribution in [1.82, 2.24) is 9.97 Å². The molecule has 0 radical (unpaired) electrons. The van der Waals surface area contributed by atoms with E-state index in [0.717, 1.165) is 17.0 Å². The van der Waals surface area contributed by atoms with E-state index in [2.05, 4.69) is 9.97 Å². The average Bonchev–Trinajstić information content (AvgIpc) is 2.74. The van der Waals surface area contributed by atoms with E-state index in [1.807, 2.05) is 0 Å². The first kappa shape index (κ1) is 22.7. The number of rotatable bonds is 6. The highest BCUT2D eigenvalue weighted by Crippen LogP contribution is 2.32. The number of Topliss-reactive ketones (excluding diaryl/α,β-unsaturated/α-hetero) is 1. The number of benzene rings is 2. The quantitative estimate of drug-likeness (QED) is 0.349. The summed E-state index contributed by atoms with van der Waals surface area (Å²) < 4.78 is 39.5. The van der Waals surface area contributed by atoms with Gasteiger partial charge in [-0.15, -0.1) is 0 Å². The topological polar surface area (TPSA) is 63.2 Å². The number of amides is 1. The van der Waals surface area contributed by atoms with E-state index in [-0.39, 0.29) is 23.1 Å². The Balaban J connectivity index is 1.94. The zero-order valence-electron chi connectivity index (χ0n) is 15.7. The van der Waals surface area contributed by atoms with Gasteiger partial charge < -0.3 is 4.90 Å². The third-order valence-electron chi connectivity index (χ3n) is 4.24. The van der Waals surface area contributed by atoms with Crippen LogP contribution in [0.3, 0.4) is 0 Å². The lowest BCUT2D eigenvalue weighted by atomic mass is 10.1. The first-order chi connectivity index (χ1) is 14.6. The van der Waals surface area contributed by atoms with Gasteiger partial charge in [0.25, 0.3) is 0 Å². The van der Waals surface area contributed by atoms with Gasteiger partial charge in [0.05, 0.1) is 28.6 Å². The summed E-state index contributed by atoms with van der Waals surface area (Å²) in [6, 6.07) is 10.4. The summed E-state index contributed by atoms with van der Waals surface area (Å²) in [7, 11) is 0. The van der Waals surface area contributed by atoms with Gasteiger partial charge in [-0.25, -0.2) is 9.97 Å². The number of ketones is 1. The Kier molecular flexibility index (Phi) is 6.92. The SMILES string of the molecule is O=C(CC(=O)N(Cc1ccc(Cl)c(Cl)c1)c1cccc(C(F)(F)F)c1)c1ncccn1. The summed E-state index contributed by atoms with van der Waals surface area (Å²) in [4.78, 5) is 34.0. The van der Waals surface area contributed by atoms with Crippen LogP contribution in [0.5, 0.6) is 0 Å². The van der Waals surface area contributed by atoms with Gasteiger partial charge in [0, 0.05) is 18.1 Å². The first-order valence-electron chi connectivity index (χ1n) is 8.87. The average molecular weight is 468 g/mol. The molecular formula is C21H14Cl2F3N3O2. The minimum atomic E-state index is -4.60. The molecule has 0 aliphatic rings. The smallest absolute Gasteiger partial charge is 0.308 e. The van der Waals surface area contributed by atoms with Gasteiger partial charge in [-0.3, -0.25) is 9.59 Å². The van der Waals surface area contributed by atoms with E-state index < -0.39 is 29.9 Å². The van der Waals surface area contributed by atoms with Gasteiger partial charge in [-0.1, -0.05) is 35.3 Å². The van der Waals surface area contributed by atoms with E-state index >= 15 is 0 Å². The Labute approximate surface area is 185 Å². The number of nitrogens with zero attached hydrogens (tertiary/aromatic N) is 3. The molecule has 0 atom stereocenters. The van der Waals surface area contributed by atoms with E-state index in [4.69, 9.17) is 23.2 Å². The first-order valence-corrected chi connectivity index (χ1v) is 9.62. The highest BCUT2D eigenvalue weighted by Gasteiger charge is 2.31. The molecule has 160 valence electrons. The van der Waals surface area contributed by atoms with Crippen molar-refractivity contribution in [2.45, 2.75) is 19.1 Å². The molecule has 0 fully saturated rings. The van der Waals surface area contributed by atoms with E-state index in [1.54, 1.807) is 6.07 Å². The summed E-state index contributed by atoms with van der Waals surface area (Å²) in [5.74, 6) is -1.53.